The smallest absolute Gasteiger partial charge is 0.221 e. The van der Waals surface area contributed by atoms with Crippen LogP contribution in [0, 0.1) is 11.6 Å². The van der Waals surface area contributed by atoms with Crippen molar-refractivity contribution < 1.29 is 18.3 Å². The Labute approximate surface area is 115 Å². The molecular formula is C12H18F2N4O2. The average Bonchev–Trinajstić information content (AvgIpc) is 2.41. The number of hydrogen-bond acceptors (Lipinski definition) is 5. The number of nitrogens with one attached hydrogen (secondary N) is 3. The highest BCUT2D eigenvalue weighted by atomic mass is 19.1. The number of carbonyl (C=O) groups excluding carboxylic acids is 1. The van der Waals surface area contributed by atoms with Gasteiger partial charge in [-0.1, -0.05) is 0 Å². The maximum atomic E-state index is 13.4. The van der Waals surface area contributed by atoms with Crippen LogP contribution in [0.4, 0.5) is 20.4 Å². The monoisotopic (exact) mass is 288 g/mol. The third-order valence-corrected chi connectivity index (χ3v) is 2.44. The summed E-state index contributed by atoms with van der Waals surface area (Å²) in [6.45, 7) is 1.04. The van der Waals surface area contributed by atoms with Gasteiger partial charge in [0.25, 0.3) is 0 Å². The molecule has 1 aromatic heterocycles. The highest BCUT2D eigenvalue weighted by molar-refractivity contribution is 5.76. The van der Waals surface area contributed by atoms with Gasteiger partial charge in [-0.3, -0.25) is 4.79 Å². The van der Waals surface area contributed by atoms with Crippen LogP contribution in [0.3, 0.4) is 0 Å². The van der Waals surface area contributed by atoms with Crippen LogP contribution in [-0.2, 0) is 9.53 Å². The number of amides is 1. The van der Waals surface area contributed by atoms with Gasteiger partial charge in [0.05, 0.1) is 6.61 Å². The molecule has 0 atom stereocenters. The van der Waals surface area contributed by atoms with Gasteiger partial charge in [0.1, 0.15) is 0 Å². The first-order valence-electron chi connectivity index (χ1n) is 6.11. The summed E-state index contributed by atoms with van der Waals surface area (Å²) in [7, 11) is 3.02. The molecule has 0 saturated heterocycles. The second-order valence-electron chi connectivity index (χ2n) is 3.92. The molecule has 0 fully saturated rings. The summed E-state index contributed by atoms with van der Waals surface area (Å²) in [5.41, 5.74) is 0. The topological polar surface area (TPSA) is 75.3 Å². The molecular weight excluding hydrogens is 270 g/mol. The lowest BCUT2D eigenvalue weighted by Crippen LogP contribution is -2.28. The molecule has 0 saturated carbocycles. The minimum atomic E-state index is -0.804. The molecule has 20 heavy (non-hydrogen) atoms. The number of nitrogens with zero attached hydrogens (tertiary/aromatic N) is 1. The zero-order valence-electron chi connectivity index (χ0n) is 11.4. The van der Waals surface area contributed by atoms with Crippen molar-refractivity contribution >= 4 is 17.5 Å². The molecule has 1 rings (SSSR count). The van der Waals surface area contributed by atoms with E-state index in [4.69, 9.17) is 4.74 Å². The normalized spacial score (nSPS) is 10.2. The standard InChI is InChI=1S/C12H18F2N4O2/c1-15-11-8(13)7-9(14)12(18-11)17-4-3-10(19)16-5-6-20-2/h7H,3-6H2,1-2H3,(H,16,19)(H2,15,17,18). The van der Waals surface area contributed by atoms with Crippen LogP contribution in [0.5, 0.6) is 0 Å². The number of carbonyl (C=O) groups is 1. The van der Waals surface area contributed by atoms with Gasteiger partial charge in [0, 0.05) is 39.7 Å². The summed E-state index contributed by atoms with van der Waals surface area (Å²) in [6.07, 6.45) is 0.150. The molecule has 3 N–H and O–H groups in total. The summed E-state index contributed by atoms with van der Waals surface area (Å²) in [6, 6.07) is 0.736. The van der Waals surface area contributed by atoms with Crippen molar-refractivity contribution in [1.29, 1.82) is 0 Å². The second-order valence-corrected chi connectivity index (χ2v) is 3.92. The van der Waals surface area contributed by atoms with Crippen LogP contribution in [0.25, 0.3) is 0 Å². The van der Waals surface area contributed by atoms with E-state index >= 15 is 0 Å². The van der Waals surface area contributed by atoms with Gasteiger partial charge < -0.3 is 20.7 Å². The molecule has 0 aliphatic heterocycles. The van der Waals surface area contributed by atoms with Crippen molar-refractivity contribution in [3.05, 3.63) is 17.7 Å². The van der Waals surface area contributed by atoms with Crippen LogP contribution < -0.4 is 16.0 Å². The lowest BCUT2D eigenvalue weighted by Gasteiger charge is -2.09. The van der Waals surface area contributed by atoms with E-state index in [2.05, 4.69) is 20.9 Å². The molecule has 0 aliphatic carbocycles. The first kappa shape index (κ1) is 16.1. The SMILES string of the molecule is CNc1nc(NCCC(=O)NCCOC)c(F)cc1F. The quantitative estimate of drug-likeness (QED) is 0.621. The number of ether oxygens (including phenoxy) is 1. The zero-order valence-corrected chi connectivity index (χ0v) is 11.4. The summed E-state index contributed by atoms with van der Waals surface area (Å²) in [4.78, 5) is 15.1. The lowest BCUT2D eigenvalue weighted by molar-refractivity contribution is -0.121. The van der Waals surface area contributed by atoms with Crippen molar-refractivity contribution in [2.75, 3.05) is 44.5 Å². The van der Waals surface area contributed by atoms with E-state index in [1.165, 1.54) is 14.2 Å². The van der Waals surface area contributed by atoms with Gasteiger partial charge in [-0.2, -0.15) is 0 Å². The van der Waals surface area contributed by atoms with E-state index in [0.717, 1.165) is 6.07 Å². The minimum Gasteiger partial charge on any atom is -0.383 e. The first-order valence-corrected chi connectivity index (χ1v) is 6.11. The predicted octanol–water partition coefficient (Wildman–Crippen LogP) is 0.966. The molecule has 1 amide bonds. The second kappa shape index (κ2) is 8.26. The number of hydrogen-bond donors (Lipinski definition) is 3. The predicted molar refractivity (Wildman–Crippen MR) is 71.7 cm³/mol. The Morgan fingerprint density at radius 1 is 1.30 bits per heavy atom. The third kappa shape index (κ3) is 4.96. The van der Waals surface area contributed by atoms with Crippen molar-refractivity contribution in [2.45, 2.75) is 6.42 Å². The maximum absolute atomic E-state index is 13.4. The highest BCUT2D eigenvalue weighted by Crippen LogP contribution is 2.18. The summed E-state index contributed by atoms with van der Waals surface area (Å²) >= 11 is 0. The number of halogens is 2. The van der Waals surface area contributed by atoms with Crippen molar-refractivity contribution in [1.82, 2.24) is 10.3 Å². The van der Waals surface area contributed by atoms with E-state index in [-0.39, 0.29) is 30.5 Å². The Hall–Kier alpha value is -1.96. The van der Waals surface area contributed by atoms with E-state index in [9.17, 15) is 13.6 Å². The van der Waals surface area contributed by atoms with E-state index in [1.807, 2.05) is 0 Å². The Morgan fingerprint density at radius 3 is 2.65 bits per heavy atom. The maximum Gasteiger partial charge on any atom is 0.221 e. The minimum absolute atomic E-state index is 0.0570. The average molecular weight is 288 g/mol. The molecule has 1 heterocycles. The molecule has 1 aromatic rings. The lowest BCUT2D eigenvalue weighted by atomic mass is 10.3. The van der Waals surface area contributed by atoms with Crippen LogP contribution in [0.2, 0.25) is 0 Å². The number of rotatable bonds is 8. The molecule has 8 heteroatoms. The van der Waals surface area contributed by atoms with Gasteiger partial charge in [0.15, 0.2) is 23.3 Å². The molecule has 0 unspecified atom stereocenters. The molecule has 0 aliphatic rings. The Kier molecular flexibility index (Phi) is 6.65. The largest absolute Gasteiger partial charge is 0.383 e. The number of aromatic nitrogens is 1. The van der Waals surface area contributed by atoms with Gasteiger partial charge in [0.2, 0.25) is 5.91 Å². The van der Waals surface area contributed by atoms with Crippen molar-refractivity contribution in [3.63, 3.8) is 0 Å². The number of anilines is 2. The van der Waals surface area contributed by atoms with Crippen LogP contribution in [-0.4, -0.2) is 44.7 Å². The molecule has 6 nitrogen and oxygen atoms in total. The Balaban J connectivity index is 2.44. The van der Waals surface area contributed by atoms with Crippen LogP contribution in [0.15, 0.2) is 6.07 Å². The molecule has 0 aromatic carbocycles. The van der Waals surface area contributed by atoms with E-state index in [1.54, 1.807) is 0 Å². The summed E-state index contributed by atoms with van der Waals surface area (Å²) in [5, 5.41) is 7.79. The van der Waals surface area contributed by atoms with Gasteiger partial charge in [-0.25, -0.2) is 13.8 Å². The van der Waals surface area contributed by atoms with E-state index < -0.39 is 11.6 Å². The molecule has 0 bridgehead atoms. The highest BCUT2D eigenvalue weighted by Gasteiger charge is 2.11. The zero-order chi connectivity index (χ0) is 15.0. The number of pyridine rings is 1. The summed E-state index contributed by atoms with van der Waals surface area (Å²) in [5.74, 6) is -1.92. The first-order chi connectivity index (χ1) is 9.58. The fraction of sp³-hybridized carbons (Fsp3) is 0.500. The van der Waals surface area contributed by atoms with Crippen LogP contribution >= 0.6 is 0 Å². The summed E-state index contributed by atoms with van der Waals surface area (Å²) < 4.78 is 31.4. The van der Waals surface area contributed by atoms with Crippen molar-refractivity contribution in [2.24, 2.45) is 0 Å². The fourth-order valence-corrected chi connectivity index (χ4v) is 1.44. The van der Waals surface area contributed by atoms with Gasteiger partial charge >= 0.3 is 0 Å². The Bertz CT molecular complexity index is 457. The number of methoxy groups -OCH3 is 1. The third-order valence-electron chi connectivity index (χ3n) is 2.44. The fourth-order valence-electron chi connectivity index (χ4n) is 1.44. The molecule has 112 valence electrons. The molecule has 0 radical (unpaired) electrons. The Morgan fingerprint density at radius 2 is 2.00 bits per heavy atom. The van der Waals surface area contributed by atoms with Gasteiger partial charge in [-0.05, 0) is 0 Å². The van der Waals surface area contributed by atoms with Crippen molar-refractivity contribution in [3.8, 4) is 0 Å². The van der Waals surface area contributed by atoms with Gasteiger partial charge in [-0.15, -0.1) is 0 Å². The van der Waals surface area contributed by atoms with Crippen LogP contribution in [0.1, 0.15) is 6.42 Å². The molecule has 0 spiro atoms. The van der Waals surface area contributed by atoms with E-state index in [0.29, 0.717) is 13.2 Å².